The monoisotopic (exact) mass is 680 g/mol. The van der Waals surface area contributed by atoms with E-state index >= 15 is 0 Å². The van der Waals surface area contributed by atoms with Gasteiger partial charge >= 0.3 is 18.3 Å². The van der Waals surface area contributed by atoms with Crippen molar-refractivity contribution in [3.63, 3.8) is 0 Å². The zero-order valence-electron chi connectivity index (χ0n) is 23.5. The molecule has 0 saturated carbocycles. The summed E-state index contributed by atoms with van der Waals surface area (Å²) < 4.78 is 57.0. The van der Waals surface area contributed by atoms with Crippen LogP contribution >= 0.6 is 27.7 Å². The molecule has 2 aliphatic heterocycles. The van der Waals surface area contributed by atoms with Crippen molar-refractivity contribution < 1.29 is 37.0 Å². The number of fused-ring (bicyclic) bond motifs is 3. The zero-order valence-corrected chi connectivity index (χ0v) is 25.9. The second kappa shape index (κ2) is 12.7. The summed E-state index contributed by atoms with van der Waals surface area (Å²) in [4.78, 5) is 39.5. The molecule has 0 amide bonds. The van der Waals surface area contributed by atoms with Crippen LogP contribution in [0.5, 0.6) is 5.75 Å². The van der Waals surface area contributed by atoms with Gasteiger partial charge < -0.3 is 14.2 Å². The first-order chi connectivity index (χ1) is 20.5. The highest BCUT2D eigenvalue weighted by atomic mass is 79.9. The molecule has 1 aromatic carbocycles. The van der Waals surface area contributed by atoms with Crippen LogP contribution < -0.4 is 4.74 Å². The average Bonchev–Trinajstić information content (AvgIpc) is 3.61. The van der Waals surface area contributed by atoms with Gasteiger partial charge in [-0.05, 0) is 66.6 Å². The third-order valence-electron chi connectivity index (χ3n) is 7.30. The number of hydrogen-bond acceptors (Lipinski definition) is 9. The molecule has 0 radical (unpaired) electrons. The maximum Gasteiger partial charge on any atom is 0.573 e. The van der Waals surface area contributed by atoms with Gasteiger partial charge in [0.25, 0.3) is 0 Å². The Kier molecular flexibility index (Phi) is 9.16. The Morgan fingerprint density at radius 3 is 2.67 bits per heavy atom. The summed E-state index contributed by atoms with van der Waals surface area (Å²) in [7, 11) is 1.26. The van der Waals surface area contributed by atoms with Crippen molar-refractivity contribution in [3.05, 3.63) is 69.5 Å². The van der Waals surface area contributed by atoms with Crippen molar-refractivity contribution in [3.8, 4) is 11.4 Å². The Morgan fingerprint density at radius 1 is 1.23 bits per heavy atom. The van der Waals surface area contributed by atoms with Gasteiger partial charge in [-0.2, -0.15) is 11.8 Å². The maximum absolute atomic E-state index is 13.4. The summed E-state index contributed by atoms with van der Waals surface area (Å²) in [5.74, 6) is 0.306. The Balaban J connectivity index is 1.55. The number of imidazole rings is 1. The number of thioether (sulfide) groups is 1. The molecule has 0 N–H and O–H groups in total. The van der Waals surface area contributed by atoms with E-state index in [4.69, 9.17) is 14.5 Å². The maximum atomic E-state index is 13.4. The second-order valence-electron chi connectivity index (χ2n) is 10.2. The SMILES string of the molecule is COC(=O)C(OC(=O)CC[C@@H]1N=C(c2ccccn2)c2cc(Br)c(OC(F)(F)F)c(C)c2-n2c(C)cnc21)C1CCSC1. The largest absolute Gasteiger partial charge is 0.573 e. The minimum Gasteiger partial charge on any atom is -0.466 e. The van der Waals surface area contributed by atoms with E-state index in [1.54, 1.807) is 53.8 Å². The zero-order chi connectivity index (χ0) is 30.9. The molecule has 2 aromatic heterocycles. The Bertz CT molecular complexity index is 1560. The van der Waals surface area contributed by atoms with Gasteiger partial charge in [0.05, 0.1) is 28.7 Å². The molecule has 43 heavy (non-hydrogen) atoms. The predicted molar refractivity (Wildman–Crippen MR) is 157 cm³/mol. The van der Waals surface area contributed by atoms with Crippen LogP contribution in [-0.4, -0.2) is 63.3 Å². The topological polar surface area (TPSA) is 105 Å². The normalized spacial score (nSPS) is 18.6. The Hall–Kier alpha value is -3.39. The van der Waals surface area contributed by atoms with Gasteiger partial charge in [-0.25, -0.2) is 9.78 Å². The van der Waals surface area contributed by atoms with Crippen molar-refractivity contribution in [1.29, 1.82) is 0 Å². The van der Waals surface area contributed by atoms with Crippen LogP contribution in [0.4, 0.5) is 13.2 Å². The first-order valence-electron chi connectivity index (χ1n) is 13.5. The van der Waals surface area contributed by atoms with Crippen LogP contribution in [0.1, 0.15) is 53.6 Å². The molecule has 3 atom stereocenters. The van der Waals surface area contributed by atoms with Crippen molar-refractivity contribution in [2.24, 2.45) is 10.9 Å². The van der Waals surface area contributed by atoms with Crippen LogP contribution in [0.3, 0.4) is 0 Å². The fourth-order valence-corrected chi connectivity index (χ4v) is 7.21. The van der Waals surface area contributed by atoms with Gasteiger partial charge in [0, 0.05) is 47.3 Å². The van der Waals surface area contributed by atoms with Crippen molar-refractivity contribution in [2.45, 2.75) is 51.6 Å². The molecule has 5 rings (SSSR count). The number of aryl methyl sites for hydroxylation is 1. The number of rotatable bonds is 8. The number of benzene rings is 1. The minimum atomic E-state index is -4.92. The van der Waals surface area contributed by atoms with Crippen LogP contribution in [0.15, 0.2) is 46.1 Å². The number of pyridine rings is 1. The Morgan fingerprint density at radius 2 is 2.02 bits per heavy atom. The molecule has 1 saturated heterocycles. The highest BCUT2D eigenvalue weighted by Crippen LogP contribution is 2.43. The molecule has 14 heteroatoms. The Labute approximate surface area is 258 Å². The quantitative estimate of drug-likeness (QED) is 0.265. The number of carbonyl (C=O) groups excluding carboxylic acids is 2. The summed E-state index contributed by atoms with van der Waals surface area (Å²) >= 11 is 4.95. The molecule has 9 nitrogen and oxygen atoms in total. The van der Waals surface area contributed by atoms with Gasteiger partial charge in [0.15, 0.2) is 0 Å². The van der Waals surface area contributed by atoms with E-state index in [-0.39, 0.29) is 34.5 Å². The lowest BCUT2D eigenvalue weighted by molar-refractivity contribution is -0.275. The lowest BCUT2D eigenvalue weighted by Crippen LogP contribution is -2.35. The summed E-state index contributed by atoms with van der Waals surface area (Å²) in [6, 6.07) is 6.10. The van der Waals surface area contributed by atoms with Crippen molar-refractivity contribution in [2.75, 3.05) is 18.6 Å². The molecule has 0 bridgehead atoms. The van der Waals surface area contributed by atoms with Crippen LogP contribution in [-0.2, 0) is 19.1 Å². The van der Waals surface area contributed by atoms with Gasteiger partial charge in [0.1, 0.15) is 17.6 Å². The molecule has 1 fully saturated rings. The third-order valence-corrected chi connectivity index (χ3v) is 9.08. The molecule has 228 valence electrons. The third kappa shape index (κ3) is 6.59. The molecule has 0 aliphatic carbocycles. The lowest BCUT2D eigenvalue weighted by atomic mass is 10.00. The molecule has 2 aliphatic rings. The fraction of sp³-hybridized carbons (Fsp3) is 0.414. The van der Waals surface area contributed by atoms with Gasteiger partial charge in [-0.1, -0.05) is 6.07 Å². The smallest absolute Gasteiger partial charge is 0.466 e. The van der Waals surface area contributed by atoms with Crippen LogP contribution in [0, 0.1) is 19.8 Å². The first-order valence-corrected chi connectivity index (χ1v) is 15.4. The molecule has 2 unspecified atom stereocenters. The van der Waals surface area contributed by atoms with E-state index in [9.17, 15) is 22.8 Å². The number of esters is 2. The van der Waals surface area contributed by atoms with Crippen molar-refractivity contribution >= 4 is 45.3 Å². The average molecular weight is 682 g/mol. The second-order valence-corrected chi connectivity index (χ2v) is 12.2. The number of carbonyl (C=O) groups is 2. The van der Waals surface area contributed by atoms with Gasteiger partial charge in [-0.3, -0.25) is 19.3 Å². The van der Waals surface area contributed by atoms with Gasteiger partial charge in [0.2, 0.25) is 6.10 Å². The van der Waals surface area contributed by atoms with E-state index in [0.717, 1.165) is 12.2 Å². The molecular weight excluding hydrogens is 653 g/mol. The summed E-state index contributed by atoms with van der Waals surface area (Å²) in [5.41, 5.74) is 2.68. The first kappa shape index (κ1) is 31.0. The van der Waals surface area contributed by atoms with E-state index in [2.05, 4.69) is 30.6 Å². The van der Waals surface area contributed by atoms with E-state index in [1.165, 1.54) is 20.1 Å². The fourth-order valence-electron chi connectivity index (χ4n) is 5.32. The lowest BCUT2D eigenvalue weighted by Gasteiger charge is -2.21. The number of alkyl halides is 3. The number of aliphatic imine (C=N–C) groups is 1. The number of halogens is 4. The number of aromatic nitrogens is 3. The number of hydrogen-bond donors (Lipinski definition) is 0. The van der Waals surface area contributed by atoms with Crippen molar-refractivity contribution in [1.82, 2.24) is 14.5 Å². The van der Waals surface area contributed by atoms with Crippen LogP contribution in [0.2, 0.25) is 0 Å². The number of ether oxygens (including phenoxy) is 3. The molecule has 0 spiro atoms. The summed E-state index contributed by atoms with van der Waals surface area (Å²) in [6.45, 7) is 3.32. The standard InChI is InChI=1S/C29H28BrF3N4O5S/c1-15-13-35-27-21(7-8-22(38)41-26(28(39)40-3)17-9-11-43-14-17)36-23(20-6-4-5-10-34-20)18-12-19(30)25(42-29(31,32)33)16(2)24(18)37(15)27/h4-6,10,12-13,17,21,26H,7-9,11,14H2,1-3H3/t17?,21-,26?/m0/s1. The van der Waals surface area contributed by atoms with E-state index in [0.29, 0.717) is 39.9 Å². The van der Waals surface area contributed by atoms with E-state index < -0.39 is 30.4 Å². The minimum absolute atomic E-state index is 0.0879. The van der Waals surface area contributed by atoms with Crippen LogP contribution in [0.25, 0.3) is 5.69 Å². The molecular formula is C29H28BrF3N4O5S. The predicted octanol–water partition coefficient (Wildman–Crippen LogP) is 6.06. The number of nitrogens with zero attached hydrogens (tertiary/aromatic N) is 4. The molecule has 3 aromatic rings. The highest BCUT2D eigenvalue weighted by Gasteiger charge is 2.38. The van der Waals surface area contributed by atoms with E-state index in [1.807, 2.05) is 0 Å². The highest BCUT2D eigenvalue weighted by molar-refractivity contribution is 9.10. The number of methoxy groups -OCH3 is 1. The summed E-state index contributed by atoms with van der Waals surface area (Å²) in [6.07, 6.45) is -1.92. The summed E-state index contributed by atoms with van der Waals surface area (Å²) in [5, 5.41) is 0. The van der Waals surface area contributed by atoms with Gasteiger partial charge in [-0.15, -0.1) is 13.2 Å². The molecule has 4 heterocycles.